The van der Waals surface area contributed by atoms with Crippen LogP contribution in [-0.2, 0) is 6.54 Å². The van der Waals surface area contributed by atoms with Gasteiger partial charge in [-0.1, -0.05) is 41.9 Å². The zero-order chi connectivity index (χ0) is 27.4. The number of rotatable bonds is 8. The van der Waals surface area contributed by atoms with Gasteiger partial charge in [0.15, 0.2) is 5.65 Å². The van der Waals surface area contributed by atoms with E-state index in [2.05, 4.69) is 37.0 Å². The Morgan fingerprint density at radius 3 is 2.33 bits per heavy atom. The van der Waals surface area contributed by atoms with Crippen molar-refractivity contribution in [1.82, 2.24) is 14.6 Å². The van der Waals surface area contributed by atoms with E-state index in [4.69, 9.17) is 26.1 Å². The third kappa shape index (κ3) is 6.08. The molecule has 5 rings (SSSR count). The highest BCUT2D eigenvalue weighted by atomic mass is 79.9. The Balaban J connectivity index is 1.27. The Morgan fingerprint density at radius 1 is 0.949 bits per heavy atom. The molecule has 5 aromatic rings. The van der Waals surface area contributed by atoms with Crippen LogP contribution in [0, 0.1) is 0 Å². The Hall–Kier alpha value is -4.28. The van der Waals surface area contributed by atoms with Crippen LogP contribution in [0.3, 0.4) is 0 Å². The molecule has 0 radical (unpaired) electrons. The van der Waals surface area contributed by atoms with Gasteiger partial charge in [0.25, 0.3) is 0 Å². The van der Waals surface area contributed by atoms with Crippen molar-refractivity contribution in [3.05, 3.63) is 94.1 Å². The number of hydrogen-bond donors (Lipinski definition) is 3. The van der Waals surface area contributed by atoms with Crippen LogP contribution in [0.5, 0.6) is 11.5 Å². The van der Waals surface area contributed by atoms with Crippen molar-refractivity contribution in [1.29, 1.82) is 0 Å². The van der Waals surface area contributed by atoms with Crippen LogP contribution in [0.2, 0.25) is 5.02 Å². The molecular formula is C28H24BrClN6O3. The predicted molar refractivity (Wildman–Crippen MR) is 157 cm³/mol. The van der Waals surface area contributed by atoms with Crippen molar-refractivity contribution in [2.75, 3.05) is 30.2 Å². The molecule has 9 nitrogen and oxygen atoms in total. The molecule has 0 fully saturated rings. The van der Waals surface area contributed by atoms with Crippen LogP contribution < -0.4 is 25.4 Å². The first-order valence-electron chi connectivity index (χ1n) is 11.9. The maximum atomic E-state index is 12.5. The largest absolute Gasteiger partial charge is 0.497 e. The second-order valence-corrected chi connectivity index (χ2v) is 9.73. The van der Waals surface area contributed by atoms with Crippen molar-refractivity contribution in [2.24, 2.45) is 0 Å². The second-order valence-electron chi connectivity index (χ2n) is 8.47. The molecule has 0 unspecified atom stereocenters. The van der Waals surface area contributed by atoms with E-state index in [0.717, 1.165) is 27.1 Å². The molecule has 11 heteroatoms. The molecule has 3 aromatic carbocycles. The first kappa shape index (κ1) is 26.3. The van der Waals surface area contributed by atoms with E-state index in [9.17, 15) is 4.79 Å². The lowest BCUT2D eigenvalue weighted by atomic mass is 10.1. The number of nitrogens with one attached hydrogen (secondary N) is 3. The van der Waals surface area contributed by atoms with E-state index < -0.39 is 0 Å². The molecule has 0 aliphatic carbocycles. The van der Waals surface area contributed by atoms with E-state index in [0.29, 0.717) is 40.1 Å². The highest BCUT2D eigenvalue weighted by Crippen LogP contribution is 2.30. The number of ether oxygens (including phenoxy) is 2. The van der Waals surface area contributed by atoms with Crippen molar-refractivity contribution < 1.29 is 14.3 Å². The minimum absolute atomic E-state index is 0.383. The molecule has 2 amide bonds. The minimum atomic E-state index is -0.383. The summed E-state index contributed by atoms with van der Waals surface area (Å²) in [6.07, 6.45) is 1.71. The van der Waals surface area contributed by atoms with Gasteiger partial charge in [-0.15, -0.1) is 0 Å². The quantitative estimate of drug-likeness (QED) is 0.174. The summed E-state index contributed by atoms with van der Waals surface area (Å²) in [4.78, 5) is 17.3. The maximum absolute atomic E-state index is 12.5. The van der Waals surface area contributed by atoms with Gasteiger partial charge in [0.1, 0.15) is 17.3 Å². The lowest BCUT2D eigenvalue weighted by Crippen LogP contribution is -2.19. The summed E-state index contributed by atoms with van der Waals surface area (Å²) in [5.41, 5.74) is 4.45. The third-order valence-corrected chi connectivity index (χ3v) is 6.76. The molecule has 198 valence electrons. The van der Waals surface area contributed by atoms with E-state index >= 15 is 0 Å². The average molecular weight is 608 g/mol. The number of halogens is 2. The van der Waals surface area contributed by atoms with E-state index in [1.807, 2.05) is 54.6 Å². The van der Waals surface area contributed by atoms with Crippen molar-refractivity contribution >= 4 is 56.4 Å². The van der Waals surface area contributed by atoms with Gasteiger partial charge in [-0.3, -0.25) is 0 Å². The second kappa shape index (κ2) is 11.6. The molecule has 0 bridgehead atoms. The summed E-state index contributed by atoms with van der Waals surface area (Å²) < 4.78 is 13.0. The molecule has 0 aliphatic heterocycles. The van der Waals surface area contributed by atoms with Crippen LogP contribution in [0.25, 0.3) is 16.9 Å². The molecular weight excluding hydrogens is 584 g/mol. The van der Waals surface area contributed by atoms with Crippen LogP contribution >= 0.6 is 27.5 Å². The number of carbonyl (C=O) groups is 1. The zero-order valence-electron chi connectivity index (χ0n) is 21.0. The molecule has 3 N–H and O–H groups in total. The molecule has 39 heavy (non-hydrogen) atoms. The summed E-state index contributed by atoms with van der Waals surface area (Å²) in [6, 6.07) is 21.8. The molecule has 2 aromatic heterocycles. The topological polar surface area (TPSA) is 102 Å². The molecule has 0 spiro atoms. The fourth-order valence-electron chi connectivity index (χ4n) is 3.94. The van der Waals surface area contributed by atoms with Crippen LogP contribution in [0.15, 0.2) is 83.5 Å². The fourth-order valence-corrected chi connectivity index (χ4v) is 4.52. The van der Waals surface area contributed by atoms with Crippen molar-refractivity contribution in [2.45, 2.75) is 6.54 Å². The van der Waals surface area contributed by atoms with Crippen molar-refractivity contribution in [3.8, 4) is 22.8 Å². The number of nitrogens with zero attached hydrogens (tertiary/aromatic N) is 3. The number of amides is 2. The van der Waals surface area contributed by atoms with Crippen LogP contribution in [0.4, 0.5) is 22.0 Å². The lowest BCUT2D eigenvalue weighted by Gasteiger charge is -2.13. The van der Waals surface area contributed by atoms with Gasteiger partial charge in [0, 0.05) is 52.8 Å². The first-order chi connectivity index (χ1) is 18.9. The summed E-state index contributed by atoms with van der Waals surface area (Å²) in [5.74, 6) is 1.92. The van der Waals surface area contributed by atoms with Gasteiger partial charge < -0.3 is 25.4 Å². The van der Waals surface area contributed by atoms with Crippen LogP contribution in [-0.4, -0.2) is 34.8 Å². The Labute approximate surface area is 238 Å². The highest BCUT2D eigenvalue weighted by Gasteiger charge is 2.13. The maximum Gasteiger partial charge on any atom is 0.323 e. The van der Waals surface area contributed by atoms with Gasteiger partial charge >= 0.3 is 6.03 Å². The van der Waals surface area contributed by atoms with Gasteiger partial charge in [-0.25, -0.2) is 9.78 Å². The smallest absolute Gasteiger partial charge is 0.323 e. The summed E-state index contributed by atoms with van der Waals surface area (Å²) in [5, 5.41) is 14.1. The SMILES string of the molecule is COc1cc(NC(=O)Nc2ccc(CNc3cc(-c4ccccc4Cl)nc4c(Br)cnn34)cc2)cc(OC)c1. The average Bonchev–Trinajstić information content (AvgIpc) is 3.33. The number of fused-ring (bicyclic) bond motifs is 1. The summed E-state index contributed by atoms with van der Waals surface area (Å²) in [7, 11) is 3.11. The number of carbonyl (C=O) groups excluding carboxylic acids is 1. The van der Waals surface area contributed by atoms with Gasteiger partial charge in [0.2, 0.25) is 0 Å². The van der Waals surface area contributed by atoms with E-state index in [-0.39, 0.29) is 6.03 Å². The molecule has 0 aliphatic rings. The molecule has 0 atom stereocenters. The predicted octanol–water partition coefficient (Wildman–Crippen LogP) is 7.09. The minimum Gasteiger partial charge on any atom is -0.497 e. The Kier molecular flexibility index (Phi) is 7.85. The summed E-state index contributed by atoms with van der Waals surface area (Å²) >= 11 is 9.96. The van der Waals surface area contributed by atoms with E-state index in [1.165, 1.54) is 0 Å². The molecule has 0 saturated carbocycles. The third-order valence-electron chi connectivity index (χ3n) is 5.87. The van der Waals surface area contributed by atoms with E-state index in [1.54, 1.807) is 43.1 Å². The van der Waals surface area contributed by atoms with Gasteiger partial charge in [-0.2, -0.15) is 9.61 Å². The monoisotopic (exact) mass is 606 g/mol. The standard InChI is InChI=1S/C28H24BrClN6O3/c1-38-20-11-19(12-21(13-20)39-2)34-28(37)33-18-9-7-17(8-10-18)15-31-26-14-25(22-5-3-4-6-24(22)30)35-27-23(29)16-32-36(26)27/h3-14,16,31H,15H2,1-2H3,(H2,33,34,37). The van der Waals surface area contributed by atoms with Crippen LogP contribution in [0.1, 0.15) is 5.56 Å². The van der Waals surface area contributed by atoms with Gasteiger partial charge in [-0.05, 0) is 39.7 Å². The number of hydrogen-bond acceptors (Lipinski definition) is 6. The molecule has 2 heterocycles. The normalized spacial score (nSPS) is 10.8. The number of benzene rings is 3. The summed E-state index contributed by atoms with van der Waals surface area (Å²) in [6.45, 7) is 0.522. The number of methoxy groups -OCH3 is 2. The number of aromatic nitrogens is 3. The number of urea groups is 1. The highest BCUT2D eigenvalue weighted by molar-refractivity contribution is 9.10. The molecule has 0 saturated heterocycles. The Bertz CT molecular complexity index is 1620. The van der Waals surface area contributed by atoms with Gasteiger partial charge in [0.05, 0.1) is 30.6 Å². The zero-order valence-corrected chi connectivity index (χ0v) is 23.4. The number of anilines is 3. The fraction of sp³-hybridized carbons (Fsp3) is 0.107. The Morgan fingerprint density at radius 2 is 1.64 bits per heavy atom. The lowest BCUT2D eigenvalue weighted by molar-refractivity contribution is 0.262. The first-order valence-corrected chi connectivity index (χ1v) is 13.0. The van der Waals surface area contributed by atoms with Crippen molar-refractivity contribution in [3.63, 3.8) is 0 Å².